The summed E-state index contributed by atoms with van der Waals surface area (Å²) in [6.07, 6.45) is 1.67. The van der Waals surface area contributed by atoms with Gasteiger partial charge in [-0.15, -0.1) is 4.68 Å². The number of hydrogen-bond donors (Lipinski definition) is 2. The molecule has 0 aliphatic rings. The van der Waals surface area contributed by atoms with Gasteiger partial charge in [0.15, 0.2) is 6.54 Å². The van der Waals surface area contributed by atoms with E-state index in [-0.39, 0.29) is 11.6 Å². The van der Waals surface area contributed by atoms with E-state index in [1.807, 2.05) is 0 Å². The van der Waals surface area contributed by atoms with Gasteiger partial charge in [0.1, 0.15) is 27.1 Å². The number of hydrogen-bond acceptors (Lipinski definition) is 1. The summed E-state index contributed by atoms with van der Waals surface area (Å²) in [5.74, 6) is -0.638. The summed E-state index contributed by atoms with van der Waals surface area (Å²) in [5, 5.41) is 10.8. The van der Waals surface area contributed by atoms with Crippen LogP contribution in [0.3, 0.4) is 0 Å². The third kappa shape index (κ3) is 2.09. The molecular formula is C15H10BrF2N4+. The normalized spacial score (nSPS) is 11.6. The zero-order valence-corrected chi connectivity index (χ0v) is 12.8. The van der Waals surface area contributed by atoms with Crippen LogP contribution in [0.4, 0.5) is 8.78 Å². The van der Waals surface area contributed by atoms with Gasteiger partial charge in [0, 0.05) is 5.56 Å². The first-order valence-corrected chi connectivity index (χ1v) is 7.40. The Kier molecular flexibility index (Phi) is 2.97. The number of aromatic nitrogens is 4. The van der Waals surface area contributed by atoms with Gasteiger partial charge in [-0.05, 0) is 40.2 Å². The molecule has 0 fully saturated rings. The van der Waals surface area contributed by atoms with Crippen molar-refractivity contribution in [3.8, 4) is 0 Å². The maximum absolute atomic E-state index is 14.1. The highest BCUT2D eigenvalue weighted by molar-refractivity contribution is 9.10. The number of nitrogens with zero attached hydrogens (tertiary/aromatic N) is 2. The second kappa shape index (κ2) is 4.88. The van der Waals surface area contributed by atoms with E-state index in [1.54, 1.807) is 29.1 Å². The number of nitrogens with one attached hydrogen (secondary N) is 2. The molecule has 110 valence electrons. The van der Waals surface area contributed by atoms with Crippen LogP contribution in [-0.4, -0.2) is 15.3 Å². The largest absolute Gasteiger partial charge is 0.270 e. The van der Waals surface area contributed by atoms with Crippen LogP contribution in [0.1, 0.15) is 5.56 Å². The van der Waals surface area contributed by atoms with Gasteiger partial charge in [0.25, 0.3) is 0 Å². The number of halogens is 3. The van der Waals surface area contributed by atoms with Crippen molar-refractivity contribution in [3.05, 3.63) is 58.3 Å². The molecule has 22 heavy (non-hydrogen) atoms. The van der Waals surface area contributed by atoms with Crippen molar-refractivity contribution >= 4 is 37.7 Å². The number of aromatic amines is 2. The molecule has 7 heteroatoms. The molecule has 4 aromatic rings. The summed E-state index contributed by atoms with van der Waals surface area (Å²) in [4.78, 5) is 0. The minimum absolute atomic E-state index is 0.287. The molecule has 0 saturated heterocycles. The Bertz CT molecular complexity index is 1010. The summed E-state index contributed by atoms with van der Waals surface area (Å²) >= 11 is 3.23. The highest BCUT2D eigenvalue weighted by Crippen LogP contribution is 2.25. The van der Waals surface area contributed by atoms with Crippen molar-refractivity contribution in [2.75, 3.05) is 0 Å². The zero-order chi connectivity index (χ0) is 15.3. The van der Waals surface area contributed by atoms with Crippen LogP contribution < -0.4 is 4.68 Å². The van der Waals surface area contributed by atoms with E-state index in [2.05, 4.69) is 31.2 Å². The molecule has 0 atom stereocenters. The maximum Gasteiger partial charge on any atom is 0.206 e. The number of rotatable bonds is 2. The molecule has 0 amide bonds. The fraction of sp³-hybridized carbons (Fsp3) is 0.0667. The van der Waals surface area contributed by atoms with Crippen LogP contribution in [0, 0.1) is 11.6 Å². The molecule has 4 nitrogen and oxygen atoms in total. The molecule has 0 spiro atoms. The monoisotopic (exact) mass is 363 g/mol. The first-order chi connectivity index (χ1) is 10.6. The smallest absolute Gasteiger partial charge is 0.206 e. The molecule has 0 radical (unpaired) electrons. The average Bonchev–Trinajstić information content (AvgIpc) is 3.04. The summed E-state index contributed by atoms with van der Waals surface area (Å²) in [7, 11) is 0. The Morgan fingerprint density at radius 2 is 2.05 bits per heavy atom. The molecular weight excluding hydrogens is 354 g/mol. The maximum atomic E-state index is 14.1. The van der Waals surface area contributed by atoms with Crippen molar-refractivity contribution in [1.82, 2.24) is 15.3 Å². The molecule has 2 aromatic carbocycles. The number of fused-ring (bicyclic) bond motifs is 2. The zero-order valence-electron chi connectivity index (χ0n) is 11.2. The Hall–Kier alpha value is -2.28. The summed E-state index contributed by atoms with van der Waals surface area (Å²) in [6.45, 7) is 0.394. The van der Waals surface area contributed by atoms with E-state index >= 15 is 0 Å². The standard InChI is InChI=1S/C15H9BrF2N4/c16-15-14-11(18)4-8(5-13(14)19-20-15)6-22-7-9-10(17)2-1-3-12(9)21-22/h1-5,7H,6H2,(H,19,20)/p+1. The quantitative estimate of drug-likeness (QED) is 0.526. The average molecular weight is 364 g/mol. The van der Waals surface area contributed by atoms with Gasteiger partial charge in [0.2, 0.25) is 6.20 Å². The van der Waals surface area contributed by atoms with Crippen molar-refractivity contribution < 1.29 is 13.5 Å². The third-order valence-electron chi connectivity index (χ3n) is 3.58. The number of H-pyrrole nitrogens is 2. The molecule has 0 saturated carbocycles. The second-order valence-electron chi connectivity index (χ2n) is 5.08. The highest BCUT2D eigenvalue weighted by Gasteiger charge is 2.15. The summed E-state index contributed by atoms with van der Waals surface area (Å²) in [6, 6.07) is 8.11. The highest BCUT2D eigenvalue weighted by atomic mass is 79.9. The molecule has 4 rings (SSSR count). The first kappa shape index (κ1) is 13.4. The van der Waals surface area contributed by atoms with Crippen LogP contribution in [-0.2, 0) is 6.54 Å². The fourth-order valence-electron chi connectivity index (χ4n) is 2.60. The Balaban J connectivity index is 1.77. The van der Waals surface area contributed by atoms with E-state index in [9.17, 15) is 8.78 Å². The Labute approximate surface area is 131 Å². The van der Waals surface area contributed by atoms with Gasteiger partial charge in [0.05, 0.1) is 10.9 Å². The Morgan fingerprint density at radius 3 is 2.86 bits per heavy atom. The minimum atomic E-state index is -0.351. The van der Waals surface area contributed by atoms with Crippen LogP contribution in [0.5, 0.6) is 0 Å². The Morgan fingerprint density at radius 1 is 1.18 bits per heavy atom. The molecule has 2 N–H and O–H groups in total. The van der Waals surface area contributed by atoms with Crippen LogP contribution >= 0.6 is 15.9 Å². The van der Waals surface area contributed by atoms with Crippen molar-refractivity contribution in [2.24, 2.45) is 0 Å². The molecule has 0 aliphatic carbocycles. The topological polar surface area (TPSA) is 48.3 Å². The molecule has 0 aliphatic heterocycles. The fourth-order valence-corrected chi connectivity index (χ4v) is 3.08. The van der Waals surface area contributed by atoms with Gasteiger partial charge in [-0.1, -0.05) is 6.07 Å². The molecule has 2 aromatic heterocycles. The lowest BCUT2D eigenvalue weighted by Crippen LogP contribution is -2.35. The van der Waals surface area contributed by atoms with E-state index in [0.717, 1.165) is 5.56 Å². The van der Waals surface area contributed by atoms with E-state index < -0.39 is 0 Å². The minimum Gasteiger partial charge on any atom is -0.270 e. The van der Waals surface area contributed by atoms with Gasteiger partial charge >= 0.3 is 0 Å². The lowest BCUT2D eigenvalue weighted by molar-refractivity contribution is -0.740. The van der Waals surface area contributed by atoms with Crippen LogP contribution in [0.25, 0.3) is 21.8 Å². The van der Waals surface area contributed by atoms with E-state index in [1.165, 1.54) is 12.1 Å². The van der Waals surface area contributed by atoms with Crippen LogP contribution in [0.2, 0.25) is 0 Å². The van der Waals surface area contributed by atoms with Gasteiger partial charge in [-0.2, -0.15) is 10.2 Å². The summed E-state index contributed by atoms with van der Waals surface area (Å²) in [5.41, 5.74) is 1.98. The first-order valence-electron chi connectivity index (χ1n) is 6.60. The molecule has 2 heterocycles. The van der Waals surface area contributed by atoms with Crippen molar-refractivity contribution in [2.45, 2.75) is 6.54 Å². The molecule has 0 unspecified atom stereocenters. The predicted octanol–water partition coefficient (Wildman–Crippen LogP) is 3.42. The second-order valence-corrected chi connectivity index (χ2v) is 5.87. The lowest BCUT2D eigenvalue weighted by atomic mass is 10.1. The number of benzene rings is 2. The summed E-state index contributed by atoms with van der Waals surface area (Å²) < 4.78 is 30.1. The molecule has 0 bridgehead atoms. The van der Waals surface area contributed by atoms with Gasteiger partial charge < -0.3 is 0 Å². The van der Waals surface area contributed by atoms with Gasteiger partial charge in [-0.3, -0.25) is 5.10 Å². The van der Waals surface area contributed by atoms with Gasteiger partial charge in [-0.25, -0.2) is 8.78 Å². The van der Waals surface area contributed by atoms with E-state index in [0.29, 0.717) is 33.0 Å². The third-order valence-corrected chi connectivity index (χ3v) is 4.15. The lowest BCUT2D eigenvalue weighted by Gasteiger charge is -1.97. The SMILES string of the molecule is Fc1cccc2[nH][n+](Cc3cc(F)c4c(Br)[nH]nc4c3)cc12. The van der Waals surface area contributed by atoms with Crippen LogP contribution in [0.15, 0.2) is 41.1 Å². The predicted molar refractivity (Wildman–Crippen MR) is 81.3 cm³/mol. The van der Waals surface area contributed by atoms with Crippen molar-refractivity contribution in [3.63, 3.8) is 0 Å². The van der Waals surface area contributed by atoms with Crippen molar-refractivity contribution in [1.29, 1.82) is 0 Å². The van der Waals surface area contributed by atoms with E-state index in [4.69, 9.17) is 0 Å².